The fraction of sp³-hybridized carbons (Fsp3) is 0.333. The van der Waals surface area contributed by atoms with Gasteiger partial charge in [-0.1, -0.05) is 28.8 Å². The summed E-state index contributed by atoms with van der Waals surface area (Å²) in [5, 5.41) is 10.8. The lowest BCUT2D eigenvalue weighted by atomic mass is 9.89. The Morgan fingerprint density at radius 3 is 2.89 bits per heavy atom. The molecule has 4 heterocycles. The van der Waals surface area contributed by atoms with Crippen LogP contribution >= 0.6 is 22.9 Å². The number of carbonyl (C=O) groups excluding carboxylic acids is 1. The second-order valence-electron chi connectivity index (χ2n) is 9.02. The lowest BCUT2D eigenvalue weighted by Gasteiger charge is -2.32. The van der Waals surface area contributed by atoms with Gasteiger partial charge in [-0.05, 0) is 29.6 Å². The summed E-state index contributed by atoms with van der Waals surface area (Å²) >= 11 is 8.07. The van der Waals surface area contributed by atoms with Gasteiger partial charge in [-0.25, -0.2) is 9.67 Å². The van der Waals surface area contributed by atoms with Crippen LogP contribution in [0.2, 0.25) is 5.02 Å². The fourth-order valence-electron chi connectivity index (χ4n) is 4.73. The van der Waals surface area contributed by atoms with E-state index in [2.05, 4.69) is 20.1 Å². The van der Waals surface area contributed by atoms with Gasteiger partial charge in [0.15, 0.2) is 10.8 Å². The number of hydrogen-bond donors (Lipinski definition) is 0. The molecule has 0 radical (unpaired) electrons. The minimum Gasteiger partial charge on any atom is -0.465 e. The fourth-order valence-corrected chi connectivity index (χ4v) is 5.70. The molecular formula is C24H21ClF2N8O2S. The van der Waals surface area contributed by atoms with E-state index in [1.807, 2.05) is 35.4 Å². The molecule has 14 heteroatoms. The van der Waals surface area contributed by atoms with Crippen LogP contribution in [-0.2, 0) is 9.53 Å². The summed E-state index contributed by atoms with van der Waals surface area (Å²) in [6.07, 6.45) is 4.41. The summed E-state index contributed by atoms with van der Waals surface area (Å²) in [5.74, 6) is -0.00703. The minimum absolute atomic E-state index is 0.138. The lowest BCUT2D eigenvalue weighted by molar-refractivity contribution is -0.142. The number of nitrogens with zero attached hydrogens (tertiary/aromatic N) is 8. The number of alkyl halides is 2. The Balaban J connectivity index is 1.76. The van der Waals surface area contributed by atoms with Crippen LogP contribution in [0.25, 0.3) is 16.0 Å². The highest BCUT2D eigenvalue weighted by Gasteiger charge is 2.48. The molecule has 0 amide bonds. The summed E-state index contributed by atoms with van der Waals surface area (Å²) in [6.45, 7) is 0.317. The highest BCUT2D eigenvalue weighted by Crippen LogP contribution is 2.49. The standard InChI is InChI=1S/C24H21ClF2N8O2S/c1-13-3-4-16(17(25)7-13)20-19(15-9-30-35(10-15)23(26)27)18-8-24(32-33-28,12-37-14(2)36)11-34(18)21(31-20)22-29-5-6-38-22/h3-7,9-10,20,23H,8,11-12H2,1-2H3/t20-,24-/m0/s1. The molecule has 0 unspecified atom stereocenters. The predicted molar refractivity (Wildman–Crippen MR) is 138 cm³/mol. The van der Waals surface area contributed by atoms with Gasteiger partial charge in [0.2, 0.25) is 0 Å². The SMILES string of the molecule is CC(=O)OC[C@]1(N=[N+]=[N-])CC2=C(c3cnn(C(F)F)c3)[C@H](c3ccc(C)cc3Cl)N=C(c3nccs3)N2C1. The maximum atomic E-state index is 13.5. The van der Waals surface area contributed by atoms with Gasteiger partial charge in [0.25, 0.3) is 0 Å². The monoisotopic (exact) mass is 558 g/mol. The Morgan fingerprint density at radius 1 is 1.45 bits per heavy atom. The average molecular weight is 559 g/mol. The number of halogens is 3. The molecule has 0 aliphatic carbocycles. The van der Waals surface area contributed by atoms with Gasteiger partial charge in [0, 0.05) is 64.4 Å². The normalized spacial score (nSPS) is 20.8. The van der Waals surface area contributed by atoms with E-state index in [1.165, 1.54) is 30.7 Å². The van der Waals surface area contributed by atoms with Crippen LogP contribution in [0.1, 0.15) is 47.6 Å². The molecule has 0 N–H and O–H groups in total. The Kier molecular flexibility index (Phi) is 6.91. The Labute approximate surface area is 224 Å². The average Bonchev–Trinajstić information content (AvgIpc) is 3.62. The number of rotatable bonds is 7. The second kappa shape index (κ2) is 10.2. The number of thiazole rings is 1. The number of ether oxygens (including phenoxy) is 1. The van der Waals surface area contributed by atoms with E-state index in [-0.39, 0.29) is 19.6 Å². The summed E-state index contributed by atoms with van der Waals surface area (Å²) < 4.78 is 32.9. The van der Waals surface area contributed by atoms with Gasteiger partial charge in [-0.2, -0.15) is 13.9 Å². The van der Waals surface area contributed by atoms with Crippen molar-refractivity contribution in [2.24, 2.45) is 10.1 Å². The van der Waals surface area contributed by atoms with Crippen LogP contribution in [0.3, 0.4) is 0 Å². The largest absolute Gasteiger partial charge is 0.465 e. The molecule has 3 aromatic rings. The Hall–Kier alpha value is -3.80. The highest BCUT2D eigenvalue weighted by atomic mass is 35.5. The van der Waals surface area contributed by atoms with Crippen molar-refractivity contribution in [2.45, 2.75) is 38.4 Å². The van der Waals surface area contributed by atoms with Crippen molar-refractivity contribution in [2.75, 3.05) is 13.2 Å². The molecule has 1 fully saturated rings. The van der Waals surface area contributed by atoms with Crippen molar-refractivity contribution >= 4 is 40.3 Å². The zero-order valence-corrected chi connectivity index (χ0v) is 21.8. The van der Waals surface area contributed by atoms with Crippen molar-refractivity contribution in [3.05, 3.63) is 85.0 Å². The second-order valence-corrected chi connectivity index (χ2v) is 10.3. The van der Waals surface area contributed by atoms with Gasteiger partial charge < -0.3 is 9.64 Å². The molecule has 10 nitrogen and oxygen atoms in total. The van der Waals surface area contributed by atoms with E-state index in [9.17, 15) is 19.1 Å². The lowest BCUT2D eigenvalue weighted by Crippen LogP contribution is -2.39. The first-order valence-electron chi connectivity index (χ1n) is 11.5. The topological polar surface area (TPSA) is 121 Å². The van der Waals surface area contributed by atoms with Gasteiger partial charge in [0.1, 0.15) is 18.2 Å². The summed E-state index contributed by atoms with van der Waals surface area (Å²) in [4.78, 5) is 26.0. The molecule has 2 aliphatic heterocycles. The van der Waals surface area contributed by atoms with Crippen LogP contribution in [0.15, 0.2) is 58.0 Å². The number of fused-ring (bicyclic) bond motifs is 1. The number of carbonyl (C=O) groups is 1. The molecule has 0 spiro atoms. The number of hydrogen-bond acceptors (Lipinski definition) is 8. The van der Waals surface area contributed by atoms with E-state index in [0.717, 1.165) is 5.56 Å². The first kappa shape index (κ1) is 25.8. The van der Waals surface area contributed by atoms with E-state index >= 15 is 0 Å². The molecule has 196 valence electrons. The van der Waals surface area contributed by atoms with Gasteiger partial charge >= 0.3 is 12.5 Å². The quantitative estimate of drug-likeness (QED) is 0.154. The zero-order chi connectivity index (χ0) is 27.0. The molecule has 38 heavy (non-hydrogen) atoms. The van der Waals surface area contributed by atoms with E-state index in [0.29, 0.717) is 42.9 Å². The maximum absolute atomic E-state index is 13.5. The summed E-state index contributed by atoms with van der Waals surface area (Å²) in [5.41, 5.74) is 11.5. The molecule has 1 aromatic carbocycles. The molecule has 0 bridgehead atoms. The van der Waals surface area contributed by atoms with Crippen molar-refractivity contribution in [1.82, 2.24) is 19.7 Å². The third-order valence-electron chi connectivity index (χ3n) is 6.35. The molecular weight excluding hydrogens is 538 g/mol. The van der Waals surface area contributed by atoms with Crippen molar-refractivity contribution in [3.8, 4) is 0 Å². The maximum Gasteiger partial charge on any atom is 0.333 e. The highest BCUT2D eigenvalue weighted by molar-refractivity contribution is 7.11. The number of esters is 1. The summed E-state index contributed by atoms with van der Waals surface area (Å²) in [7, 11) is 0. The van der Waals surface area contributed by atoms with Crippen molar-refractivity contribution in [3.63, 3.8) is 0 Å². The number of amidine groups is 1. The third kappa shape index (κ3) is 4.75. The Bertz CT molecular complexity index is 1500. The molecule has 0 saturated carbocycles. The van der Waals surface area contributed by atoms with Crippen molar-refractivity contribution in [1.29, 1.82) is 0 Å². The molecule has 2 aromatic heterocycles. The van der Waals surface area contributed by atoms with Crippen LogP contribution in [0, 0.1) is 6.92 Å². The third-order valence-corrected chi connectivity index (χ3v) is 7.45. The predicted octanol–water partition coefficient (Wildman–Crippen LogP) is 5.93. The number of aliphatic imine (C=N–C) groups is 1. The van der Waals surface area contributed by atoms with Crippen LogP contribution < -0.4 is 0 Å². The molecule has 2 atom stereocenters. The van der Waals surface area contributed by atoms with Crippen molar-refractivity contribution < 1.29 is 18.3 Å². The molecule has 2 aliphatic rings. The van der Waals surface area contributed by atoms with E-state index < -0.39 is 24.1 Å². The smallest absolute Gasteiger partial charge is 0.333 e. The minimum atomic E-state index is -2.83. The van der Waals surface area contributed by atoms with Gasteiger partial charge in [-0.3, -0.25) is 9.79 Å². The molecule has 1 saturated heterocycles. The van der Waals surface area contributed by atoms with Gasteiger partial charge in [-0.15, -0.1) is 11.3 Å². The zero-order valence-electron chi connectivity index (χ0n) is 20.3. The number of aromatic nitrogens is 3. The first-order chi connectivity index (χ1) is 18.2. The number of benzene rings is 1. The van der Waals surface area contributed by atoms with E-state index in [4.69, 9.17) is 21.3 Å². The summed E-state index contributed by atoms with van der Waals surface area (Å²) in [6, 6.07) is 4.87. The van der Waals surface area contributed by atoms with E-state index in [1.54, 1.807) is 6.20 Å². The molecule has 5 rings (SSSR count). The van der Waals surface area contributed by atoms with Crippen LogP contribution in [0.4, 0.5) is 8.78 Å². The first-order valence-corrected chi connectivity index (χ1v) is 12.7. The van der Waals surface area contributed by atoms with Gasteiger partial charge in [0.05, 0.1) is 6.20 Å². The number of azide groups is 1. The Morgan fingerprint density at radius 2 is 2.26 bits per heavy atom. The van der Waals surface area contributed by atoms with Crippen LogP contribution in [0.5, 0.6) is 0 Å². The number of aryl methyl sites for hydroxylation is 1. The van der Waals surface area contributed by atoms with Crippen LogP contribution in [-0.4, -0.2) is 50.2 Å².